The molecule has 2 heterocycles. The number of nitrogens with two attached hydrogens (primary N) is 1. The molecule has 2 aromatic heterocycles. The molecule has 0 radical (unpaired) electrons. The summed E-state index contributed by atoms with van der Waals surface area (Å²) in [7, 11) is 1.65. The Hall–Kier alpha value is -1.92. The molecule has 0 aliphatic rings. The van der Waals surface area contributed by atoms with Gasteiger partial charge in [-0.25, -0.2) is 4.98 Å². The summed E-state index contributed by atoms with van der Waals surface area (Å²) in [5.74, 6) is 1.66. The highest BCUT2D eigenvalue weighted by molar-refractivity contribution is 7.99. The molecule has 0 aliphatic heterocycles. The van der Waals surface area contributed by atoms with Crippen molar-refractivity contribution >= 4 is 22.8 Å². The zero-order valence-corrected chi connectivity index (χ0v) is 11.8. The van der Waals surface area contributed by atoms with Crippen LogP contribution in [0.4, 0.5) is 0 Å². The van der Waals surface area contributed by atoms with E-state index in [1.54, 1.807) is 25.1 Å². The fourth-order valence-electron chi connectivity index (χ4n) is 1.98. The molecular formula is C14H15N3O2S. The molecule has 0 saturated heterocycles. The third kappa shape index (κ3) is 2.52. The van der Waals surface area contributed by atoms with Gasteiger partial charge in [0.1, 0.15) is 11.5 Å². The predicted molar refractivity (Wildman–Crippen MR) is 79.0 cm³/mol. The highest BCUT2D eigenvalue weighted by Crippen LogP contribution is 2.34. The summed E-state index contributed by atoms with van der Waals surface area (Å²) in [5.41, 5.74) is 7.66. The van der Waals surface area contributed by atoms with Crippen molar-refractivity contribution < 1.29 is 9.15 Å². The second-order valence-corrected chi connectivity index (χ2v) is 5.47. The summed E-state index contributed by atoms with van der Waals surface area (Å²) in [6, 6.07) is 9.54. The number of methoxy groups -OCH3 is 1. The molecule has 104 valence electrons. The van der Waals surface area contributed by atoms with Gasteiger partial charge in [0, 0.05) is 12.6 Å². The Kier molecular flexibility index (Phi) is 3.66. The third-order valence-corrected chi connectivity index (χ3v) is 4.12. The lowest BCUT2D eigenvalue weighted by Gasteiger charge is -2.08. The Morgan fingerprint density at radius 1 is 1.45 bits per heavy atom. The van der Waals surface area contributed by atoms with E-state index in [4.69, 9.17) is 14.9 Å². The maximum atomic E-state index is 5.81. The van der Waals surface area contributed by atoms with Gasteiger partial charge in [-0.15, -0.1) is 0 Å². The predicted octanol–water partition coefficient (Wildman–Crippen LogP) is 2.96. The average molecular weight is 289 g/mol. The number of aromatic amines is 1. The largest absolute Gasteiger partial charge is 0.497 e. The van der Waals surface area contributed by atoms with Crippen LogP contribution in [0.1, 0.15) is 11.0 Å². The van der Waals surface area contributed by atoms with E-state index in [2.05, 4.69) is 9.97 Å². The summed E-state index contributed by atoms with van der Waals surface area (Å²) in [6.45, 7) is 0.485. The Morgan fingerprint density at radius 2 is 2.35 bits per heavy atom. The van der Waals surface area contributed by atoms with Crippen molar-refractivity contribution in [3.05, 3.63) is 42.4 Å². The first kappa shape index (κ1) is 13.1. The molecule has 1 aromatic carbocycles. The van der Waals surface area contributed by atoms with E-state index in [9.17, 15) is 0 Å². The molecular weight excluding hydrogens is 274 g/mol. The number of nitrogens with one attached hydrogen (secondary N) is 1. The number of hydrogen-bond donors (Lipinski definition) is 2. The Morgan fingerprint density at radius 3 is 3.05 bits per heavy atom. The van der Waals surface area contributed by atoms with E-state index in [0.29, 0.717) is 6.54 Å². The Balaban J connectivity index is 1.86. The van der Waals surface area contributed by atoms with Crippen molar-refractivity contribution in [2.24, 2.45) is 5.73 Å². The van der Waals surface area contributed by atoms with Gasteiger partial charge in [0.05, 0.1) is 29.7 Å². The molecule has 20 heavy (non-hydrogen) atoms. The lowest BCUT2D eigenvalue weighted by atomic mass is 10.3. The molecule has 0 saturated carbocycles. The van der Waals surface area contributed by atoms with E-state index >= 15 is 0 Å². The van der Waals surface area contributed by atoms with E-state index in [1.165, 1.54) is 0 Å². The van der Waals surface area contributed by atoms with Crippen LogP contribution in [0.25, 0.3) is 11.0 Å². The molecule has 0 amide bonds. The van der Waals surface area contributed by atoms with Crippen LogP contribution in [0.15, 0.2) is 46.2 Å². The van der Waals surface area contributed by atoms with Gasteiger partial charge >= 0.3 is 0 Å². The van der Waals surface area contributed by atoms with E-state index in [1.807, 2.05) is 30.3 Å². The van der Waals surface area contributed by atoms with Gasteiger partial charge in [-0.3, -0.25) is 0 Å². The molecule has 3 aromatic rings. The number of ether oxygens (including phenoxy) is 1. The molecule has 0 aliphatic carbocycles. The maximum Gasteiger partial charge on any atom is 0.167 e. The highest BCUT2D eigenvalue weighted by atomic mass is 32.2. The molecule has 3 N–H and O–H groups in total. The standard InChI is InChI=1S/C14H15N3O2S/c1-18-9-4-5-10-11(7-9)17-14(16-10)20-13(8-15)12-3-2-6-19-12/h2-7,13H,8,15H2,1H3,(H,16,17). The van der Waals surface area contributed by atoms with Crippen LogP contribution < -0.4 is 10.5 Å². The lowest BCUT2D eigenvalue weighted by Crippen LogP contribution is -2.08. The molecule has 1 atom stereocenters. The molecule has 0 bridgehead atoms. The number of benzene rings is 1. The second-order valence-electron chi connectivity index (χ2n) is 4.28. The monoisotopic (exact) mass is 289 g/mol. The summed E-state index contributed by atoms with van der Waals surface area (Å²) in [5, 5.41) is 0.868. The van der Waals surface area contributed by atoms with Gasteiger partial charge in [0.25, 0.3) is 0 Å². The Labute approximate surface area is 120 Å². The SMILES string of the molecule is COc1ccc2nc(SC(CN)c3ccco3)[nH]c2c1. The van der Waals surface area contributed by atoms with Crippen LogP contribution in [-0.4, -0.2) is 23.6 Å². The normalized spacial score (nSPS) is 12.7. The summed E-state index contributed by atoms with van der Waals surface area (Å²) in [4.78, 5) is 7.81. The van der Waals surface area contributed by atoms with Crippen LogP contribution in [0, 0.1) is 0 Å². The van der Waals surface area contributed by atoms with Gasteiger partial charge in [-0.1, -0.05) is 11.8 Å². The minimum absolute atomic E-state index is 0.0486. The number of furan rings is 1. The van der Waals surface area contributed by atoms with Crippen LogP contribution in [0.5, 0.6) is 5.75 Å². The minimum atomic E-state index is 0.0486. The zero-order valence-electron chi connectivity index (χ0n) is 11.0. The average Bonchev–Trinajstić information content (AvgIpc) is 3.12. The third-order valence-electron chi connectivity index (χ3n) is 3.00. The minimum Gasteiger partial charge on any atom is -0.497 e. The van der Waals surface area contributed by atoms with Crippen molar-refractivity contribution in [2.45, 2.75) is 10.4 Å². The van der Waals surface area contributed by atoms with E-state index in [-0.39, 0.29) is 5.25 Å². The van der Waals surface area contributed by atoms with Gasteiger partial charge in [-0.05, 0) is 24.3 Å². The number of aromatic nitrogens is 2. The first-order valence-electron chi connectivity index (χ1n) is 6.24. The number of hydrogen-bond acceptors (Lipinski definition) is 5. The van der Waals surface area contributed by atoms with Crippen LogP contribution in [0.2, 0.25) is 0 Å². The van der Waals surface area contributed by atoms with E-state index < -0.39 is 0 Å². The number of fused-ring (bicyclic) bond motifs is 1. The summed E-state index contributed by atoms with van der Waals surface area (Å²) in [6.07, 6.45) is 1.65. The molecule has 1 unspecified atom stereocenters. The van der Waals surface area contributed by atoms with Crippen molar-refractivity contribution in [2.75, 3.05) is 13.7 Å². The van der Waals surface area contributed by atoms with Gasteiger partial charge in [0.15, 0.2) is 5.16 Å². The number of imidazole rings is 1. The molecule has 0 fully saturated rings. The summed E-state index contributed by atoms with van der Waals surface area (Å²) < 4.78 is 10.6. The first-order valence-corrected chi connectivity index (χ1v) is 7.12. The lowest BCUT2D eigenvalue weighted by molar-refractivity contribution is 0.415. The Bertz CT molecular complexity index is 694. The molecule has 0 spiro atoms. The van der Waals surface area contributed by atoms with Crippen LogP contribution >= 0.6 is 11.8 Å². The molecule has 5 nitrogen and oxygen atoms in total. The first-order chi connectivity index (χ1) is 9.80. The number of nitrogens with zero attached hydrogens (tertiary/aromatic N) is 1. The van der Waals surface area contributed by atoms with Crippen molar-refractivity contribution in [3.63, 3.8) is 0 Å². The fourth-order valence-corrected chi connectivity index (χ4v) is 2.92. The summed E-state index contributed by atoms with van der Waals surface area (Å²) >= 11 is 1.56. The zero-order chi connectivity index (χ0) is 13.9. The van der Waals surface area contributed by atoms with Crippen molar-refractivity contribution in [3.8, 4) is 5.75 Å². The molecule has 6 heteroatoms. The second kappa shape index (κ2) is 5.60. The van der Waals surface area contributed by atoms with Crippen molar-refractivity contribution in [1.29, 1.82) is 0 Å². The highest BCUT2D eigenvalue weighted by Gasteiger charge is 2.16. The van der Waals surface area contributed by atoms with Gasteiger partial charge in [0.2, 0.25) is 0 Å². The van der Waals surface area contributed by atoms with Crippen LogP contribution in [0.3, 0.4) is 0 Å². The van der Waals surface area contributed by atoms with E-state index in [0.717, 1.165) is 27.7 Å². The number of H-pyrrole nitrogens is 1. The maximum absolute atomic E-state index is 5.81. The van der Waals surface area contributed by atoms with Gasteiger partial charge < -0.3 is 19.9 Å². The van der Waals surface area contributed by atoms with Gasteiger partial charge in [-0.2, -0.15) is 0 Å². The molecule has 3 rings (SSSR count). The number of thioether (sulfide) groups is 1. The fraction of sp³-hybridized carbons (Fsp3) is 0.214. The number of rotatable bonds is 5. The van der Waals surface area contributed by atoms with Crippen molar-refractivity contribution in [1.82, 2.24) is 9.97 Å². The smallest absolute Gasteiger partial charge is 0.167 e. The van der Waals surface area contributed by atoms with Crippen LogP contribution in [-0.2, 0) is 0 Å². The quantitative estimate of drug-likeness (QED) is 0.706. The topological polar surface area (TPSA) is 77.1 Å².